The fourth-order valence-electron chi connectivity index (χ4n) is 3.05. The van der Waals surface area contributed by atoms with Gasteiger partial charge in [-0.15, -0.1) is 0 Å². The number of para-hydroxylation sites is 1. The quantitative estimate of drug-likeness (QED) is 0.583. The van der Waals surface area contributed by atoms with Gasteiger partial charge in [-0.1, -0.05) is 84.9 Å². The number of carbonyl (C=O) groups is 1. The SMILES string of the molecule is O=C(NC(c1ccccc1)c1ccccc1)c1ccc2ccccc2n1. The average molecular weight is 338 g/mol. The number of rotatable bonds is 4. The maximum Gasteiger partial charge on any atom is 0.270 e. The van der Waals surface area contributed by atoms with E-state index in [4.69, 9.17) is 0 Å². The number of hydrogen-bond donors (Lipinski definition) is 1. The smallest absolute Gasteiger partial charge is 0.270 e. The second-order valence-electron chi connectivity index (χ2n) is 6.12. The summed E-state index contributed by atoms with van der Waals surface area (Å²) < 4.78 is 0. The normalized spacial score (nSPS) is 10.8. The first-order valence-corrected chi connectivity index (χ1v) is 8.58. The minimum atomic E-state index is -0.224. The van der Waals surface area contributed by atoms with Gasteiger partial charge < -0.3 is 5.32 Å². The molecule has 4 aromatic rings. The molecule has 0 aliphatic heterocycles. The maximum absolute atomic E-state index is 12.9. The van der Waals surface area contributed by atoms with Gasteiger partial charge in [0.2, 0.25) is 0 Å². The van der Waals surface area contributed by atoms with E-state index in [0.29, 0.717) is 5.69 Å². The number of nitrogens with zero attached hydrogens (tertiary/aromatic N) is 1. The Morgan fingerprint density at radius 1 is 0.692 bits per heavy atom. The van der Waals surface area contributed by atoms with E-state index in [0.717, 1.165) is 22.0 Å². The van der Waals surface area contributed by atoms with Gasteiger partial charge in [0.05, 0.1) is 11.6 Å². The lowest BCUT2D eigenvalue weighted by atomic mass is 9.98. The molecular weight excluding hydrogens is 320 g/mol. The molecule has 1 aromatic heterocycles. The Labute approximate surface area is 152 Å². The molecule has 0 spiro atoms. The number of benzene rings is 3. The van der Waals surface area contributed by atoms with Crippen LogP contribution in [0.25, 0.3) is 10.9 Å². The van der Waals surface area contributed by atoms with Crippen molar-refractivity contribution in [3.05, 3.63) is 114 Å². The van der Waals surface area contributed by atoms with Crippen molar-refractivity contribution < 1.29 is 4.79 Å². The van der Waals surface area contributed by atoms with Crippen LogP contribution in [0.1, 0.15) is 27.7 Å². The van der Waals surface area contributed by atoms with Gasteiger partial charge in [0.1, 0.15) is 5.69 Å². The van der Waals surface area contributed by atoms with E-state index in [1.54, 1.807) is 6.07 Å². The van der Waals surface area contributed by atoms with Gasteiger partial charge >= 0.3 is 0 Å². The molecule has 0 saturated heterocycles. The first-order chi connectivity index (χ1) is 12.8. The molecule has 0 saturated carbocycles. The fraction of sp³-hybridized carbons (Fsp3) is 0.0435. The van der Waals surface area contributed by atoms with Crippen molar-refractivity contribution in [1.82, 2.24) is 10.3 Å². The Hall–Kier alpha value is -3.46. The molecule has 0 unspecified atom stereocenters. The third kappa shape index (κ3) is 3.33. The molecule has 1 heterocycles. The first-order valence-electron chi connectivity index (χ1n) is 8.58. The lowest BCUT2D eigenvalue weighted by Crippen LogP contribution is -2.30. The number of nitrogens with one attached hydrogen (secondary N) is 1. The number of fused-ring (bicyclic) bond motifs is 1. The molecule has 3 aromatic carbocycles. The van der Waals surface area contributed by atoms with Gasteiger partial charge in [0.25, 0.3) is 5.91 Å². The lowest BCUT2D eigenvalue weighted by Gasteiger charge is -2.19. The monoisotopic (exact) mass is 338 g/mol. The summed E-state index contributed by atoms with van der Waals surface area (Å²) in [6.07, 6.45) is 0. The first kappa shape index (κ1) is 16.0. The highest BCUT2D eigenvalue weighted by molar-refractivity contribution is 5.95. The van der Waals surface area contributed by atoms with Crippen molar-refractivity contribution in [3.8, 4) is 0 Å². The molecular formula is C23H18N2O. The summed E-state index contributed by atoms with van der Waals surface area (Å²) in [5.74, 6) is -0.187. The van der Waals surface area contributed by atoms with Crippen molar-refractivity contribution in [2.45, 2.75) is 6.04 Å². The number of amides is 1. The van der Waals surface area contributed by atoms with Gasteiger partial charge in [-0.3, -0.25) is 4.79 Å². The summed E-state index contributed by atoms with van der Waals surface area (Å²) in [4.78, 5) is 17.4. The van der Waals surface area contributed by atoms with Gasteiger partial charge in [-0.05, 0) is 23.3 Å². The van der Waals surface area contributed by atoms with Crippen LogP contribution in [-0.2, 0) is 0 Å². The molecule has 4 rings (SSSR count). The van der Waals surface area contributed by atoms with Crippen LogP contribution in [0.5, 0.6) is 0 Å². The van der Waals surface area contributed by atoms with Crippen molar-refractivity contribution in [3.63, 3.8) is 0 Å². The van der Waals surface area contributed by atoms with Crippen LogP contribution < -0.4 is 5.32 Å². The molecule has 26 heavy (non-hydrogen) atoms. The van der Waals surface area contributed by atoms with E-state index in [-0.39, 0.29) is 11.9 Å². The van der Waals surface area contributed by atoms with E-state index in [1.165, 1.54) is 0 Å². The zero-order valence-electron chi connectivity index (χ0n) is 14.2. The third-order valence-corrected chi connectivity index (χ3v) is 4.37. The number of pyridine rings is 1. The summed E-state index contributed by atoms with van der Waals surface area (Å²) in [5, 5.41) is 4.15. The predicted octanol–water partition coefficient (Wildman–Crippen LogP) is 4.75. The summed E-state index contributed by atoms with van der Waals surface area (Å²) in [7, 11) is 0. The molecule has 0 atom stereocenters. The molecule has 0 aliphatic carbocycles. The van der Waals surface area contributed by atoms with Crippen LogP contribution in [0.15, 0.2) is 97.1 Å². The minimum Gasteiger partial charge on any atom is -0.340 e. The van der Waals surface area contributed by atoms with E-state index in [1.807, 2.05) is 91.0 Å². The van der Waals surface area contributed by atoms with E-state index in [2.05, 4.69) is 10.3 Å². The molecule has 0 fully saturated rings. The van der Waals surface area contributed by atoms with Crippen LogP contribution in [0, 0.1) is 0 Å². The van der Waals surface area contributed by atoms with E-state index >= 15 is 0 Å². The maximum atomic E-state index is 12.9. The van der Waals surface area contributed by atoms with Crippen LogP contribution >= 0.6 is 0 Å². The molecule has 1 N–H and O–H groups in total. The molecule has 126 valence electrons. The van der Waals surface area contributed by atoms with Crippen LogP contribution in [-0.4, -0.2) is 10.9 Å². The van der Waals surface area contributed by atoms with Gasteiger partial charge in [-0.2, -0.15) is 0 Å². The average Bonchev–Trinajstić information content (AvgIpc) is 2.72. The third-order valence-electron chi connectivity index (χ3n) is 4.37. The van der Waals surface area contributed by atoms with Crippen molar-refractivity contribution in [1.29, 1.82) is 0 Å². The standard InChI is InChI=1S/C23H18N2O/c26-23(21-16-15-17-9-7-8-14-20(17)24-21)25-22(18-10-3-1-4-11-18)19-12-5-2-6-13-19/h1-16,22H,(H,25,26). The minimum absolute atomic E-state index is 0.187. The molecule has 3 nitrogen and oxygen atoms in total. The second-order valence-corrected chi connectivity index (χ2v) is 6.12. The number of hydrogen-bond acceptors (Lipinski definition) is 2. The Morgan fingerprint density at radius 2 is 1.27 bits per heavy atom. The molecule has 3 heteroatoms. The van der Waals surface area contributed by atoms with E-state index in [9.17, 15) is 4.79 Å². The molecule has 0 radical (unpaired) electrons. The zero-order chi connectivity index (χ0) is 17.8. The van der Waals surface area contributed by atoms with Crippen LogP contribution in [0.4, 0.5) is 0 Å². The Kier molecular flexibility index (Phi) is 4.44. The largest absolute Gasteiger partial charge is 0.340 e. The van der Waals surface area contributed by atoms with Crippen molar-refractivity contribution in [2.24, 2.45) is 0 Å². The number of carbonyl (C=O) groups excluding carboxylic acids is 1. The van der Waals surface area contributed by atoms with Gasteiger partial charge in [0, 0.05) is 5.39 Å². The van der Waals surface area contributed by atoms with Crippen LogP contribution in [0.3, 0.4) is 0 Å². The van der Waals surface area contributed by atoms with E-state index < -0.39 is 0 Å². The Morgan fingerprint density at radius 3 is 1.92 bits per heavy atom. The molecule has 0 bridgehead atoms. The highest BCUT2D eigenvalue weighted by Gasteiger charge is 2.18. The van der Waals surface area contributed by atoms with Crippen molar-refractivity contribution >= 4 is 16.8 Å². The fourth-order valence-corrected chi connectivity index (χ4v) is 3.05. The van der Waals surface area contributed by atoms with Gasteiger partial charge in [-0.25, -0.2) is 4.98 Å². The summed E-state index contributed by atoms with van der Waals surface area (Å²) >= 11 is 0. The summed E-state index contributed by atoms with van der Waals surface area (Å²) in [5.41, 5.74) is 3.30. The predicted molar refractivity (Wildman–Crippen MR) is 104 cm³/mol. The topological polar surface area (TPSA) is 42.0 Å². The Bertz CT molecular complexity index is 990. The molecule has 1 amide bonds. The molecule has 0 aliphatic rings. The highest BCUT2D eigenvalue weighted by atomic mass is 16.1. The van der Waals surface area contributed by atoms with Gasteiger partial charge in [0.15, 0.2) is 0 Å². The lowest BCUT2D eigenvalue weighted by molar-refractivity contribution is 0.0938. The van der Waals surface area contributed by atoms with Crippen LogP contribution in [0.2, 0.25) is 0 Å². The number of aromatic nitrogens is 1. The second kappa shape index (κ2) is 7.19. The Balaban J connectivity index is 1.67. The highest BCUT2D eigenvalue weighted by Crippen LogP contribution is 2.22. The summed E-state index contributed by atoms with van der Waals surface area (Å²) in [6, 6.07) is 31.2. The van der Waals surface area contributed by atoms with Crippen molar-refractivity contribution in [2.75, 3.05) is 0 Å². The zero-order valence-corrected chi connectivity index (χ0v) is 14.2. The summed E-state index contributed by atoms with van der Waals surface area (Å²) in [6.45, 7) is 0.